The molecule has 3 heterocycles. The van der Waals surface area contributed by atoms with Crippen molar-refractivity contribution in [1.82, 2.24) is 29.2 Å². The number of likely N-dealkylation sites (tertiary alicyclic amines) is 1. The Morgan fingerprint density at radius 3 is 2.69 bits per heavy atom. The molecule has 26 heavy (non-hydrogen) atoms. The van der Waals surface area contributed by atoms with Crippen molar-refractivity contribution in [3.63, 3.8) is 0 Å². The second-order valence-electron chi connectivity index (χ2n) is 6.72. The summed E-state index contributed by atoms with van der Waals surface area (Å²) >= 11 is 1.73. The molecule has 0 unspecified atom stereocenters. The number of aryl methyl sites for hydroxylation is 1. The highest BCUT2D eigenvalue weighted by molar-refractivity contribution is 7.98. The Hall–Kier alpha value is -1.83. The van der Waals surface area contributed by atoms with Gasteiger partial charge in [-0.05, 0) is 32.9 Å². The van der Waals surface area contributed by atoms with E-state index < -0.39 is 0 Å². The number of imidazole rings is 1. The lowest BCUT2D eigenvalue weighted by Crippen LogP contribution is -2.38. The first-order valence-electron chi connectivity index (χ1n) is 9.30. The maximum atomic E-state index is 12.2. The van der Waals surface area contributed by atoms with Crippen molar-refractivity contribution >= 4 is 17.7 Å². The highest BCUT2D eigenvalue weighted by Crippen LogP contribution is 2.28. The third kappa shape index (κ3) is 4.11. The average molecular weight is 377 g/mol. The smallest absolute Gasteiger partial charge is 0.223 e. The lowest BCUT2D eigenvalue weighted by Gasteiger charge is -2.31. The Morgan fingerprint density at radius 1 is 1.31 bits per heavy atom. The second kappa shape index (κ2) is 8.70. The zero-order chi connectivity index (χ0) is 18.5. The van der Waals surface area contributed by atoms with Crippen LogP contribution < -0.4 is 0 Å². The summed E-state index contributed by atoms with van der Waals surface area (Å²) in [4.78, 5) is 18.5. The lowest BCUT2D eigenvalue weighted by atomic mass is 9.95. The van der Waals surface area contributed by atoms with Crippen LogP contribution in [0.4, 0.5) is 0 Å². The van der Waals surface area contributed by atoms with Gasteiger partial charge in [-0.15, -0.1) is 10.2 Å². The molecule has 1 amide bonds. The van der Waals surface area contributed by atoms with Crippen LogP contribution in [0.2, 0.25) is 0 Å². The summed E-state index contributed by atoms with van der Waals surface area (Å²) in [6, 6.07) is 0. The molecule has 0 radical (unpaired) electrons. The van der Waals surface area contributed by atoms with Crippen molar-refractivity contribution in [2.75, 3.05) is 25.1 Å². The van der Waals surface area contributed by atoms with Crippen LogP contribution in [0.25, 0.3) is 0 Å². The normalized spacial score (nSPS) is 15.6. The van der Waals surface area contributed by atoms with Crippen LogP contribution >= 0.6 is 11.8 Å². The van der Waals surface area contributed by atoms with Gasteiger partial charge in [0.1, 0.15) is 11.6 Å². The van der Waals surface area contributed by atoms with E-state index in [9.17, 15) is 4.79 Å². The molecule has 0 aliphatic carbocycles. The average Bonchev–Trinajstić information content (AvgIpc) is 3.26. The molecule has 142 valence electrons. The van der Waals surface area contributed by atoms with E-state index in [1.807, 2.05) is 30.5 Å². The van der Waals surface area contributed by atoms with E-state index in [4.69, 9.17) is 0 Å². The lowest BCUT2D eigenvalue weighted by molar-refractivity contribution is -0.131. The molecule has 2 aromatic heterocycles. The molecule has 1 aliphatic rings. The summed E-state index contributed by atoms with van der Waals surface area (Å²) < 4.78 is 4.32. The molecular formula is C18H28N6OS. The Kier molecular flexibility index (Phi) is 6.34. The van der Waals surface area contributed by atoms with Crippen LogP contribution in [0.3, 0.4) is 0 Å². The molecule has 2 aromatic rings. The van der Waals surface area contributed by atoms with Crippen molar-refractivity contribution in [2.24, 2.45) is 0 Å². The Morgan fingerprint density at radius 2 is 2.08 bits per heavy atom. The van der Waals surface area contributed by atoms with E-state index >= 15 is 0 Å². The number of piperidine rings is 1. The van der Waals surface area contributed by atoms with Gasteiger partial charge in [0, 0.05) is 50.1 Å². The van der Waals surface area contributed by atoms with E-state index in [2.05, 4.69) is 31.2 Å². The maximum absolute atomic E-state index is 12.2. The van der Waals surface area contributed by atoms with E-state index in [1.54, 1.807) is 11.8 Å². The number of carbonyl (C=O) groups is 1. The maximum Gasteiger partial charge on any atom is 0.223 e. The summed E-state index contributed by atoms with van der Waals surface area (Å²) in [7, 11) is 0. The van der Waals surface area contributed by atoms with Crippen molar-refractivity contribution in [2.45, 2.75) is 52.1 Å². The molecule has 7 nitrogen and oxygen atoms in total. The molecule has 8 heteroatoms. The van der Waals surface area contributed by atoms with Crippen molar-refractivity contribution in [1.29, 1.82) is 0 Å². The molecule has 0 N–H and O–H groups in total. The zero-order valence-corrected chi connectivity index (χ0v) is 16.7. The molecule has 3 rings (SSSR count). The van der Waals surface area contributed by atoms with Gasteiger partial charge in [0.05, 0.1) is 6.54 Å². The zero-order valence-electron chi connectivity index (χ0n) is 15.9. The summed E-state index contributed by atoms with van der Waals surface area (Å²) in [5.74, 6) is 4.59. The van der Waals surface area contributed by atoms with Crippen LogP contribution in [0.15, 0.2) is 12.4 Å². The predicted molar refractivity (Wildman–Crippen MR) is 103 cm³/mol. The molecule has 0 bridgehead atoms. The molecule has 1 fully saturated rings. The van der Waals surface area contributed by atoms with Crippen molar-refractivity contribution < 1.29 is 4.79 Å². The van der Waals surface area contributed by atoms with E-state index in [0.717, 1.165) is 55.7 Å². The topological polar surface area (TPSA) is 68.8 Å². The number of rotatable bonds is 7. The Bertz CT molecular complexity index is 732. The van der Waals surface area contributed by atoms with Crippen LogP contribution in [-0.4, -0.2) is 60.2 Å². The number of amides is 1. The largest absolute Gasteiger partial charge is 0.343 e. The summed E-state index contributed by atoms with van der Waals surface area (Å²) in [5, 5.41) is 8.97. The summed E-state index contributed by atoms with van der Waals surface area (Å²) in [6.07, 6.45) is 8.40. The SMILES string of the molecule is CCn1c(Cn2ccnc2C)nnc1C1CCN(C(=O)CCSC)CC1. The highest BCUT2D eigenvalue weighted by Gasteiger charge is 2.27. The number of hydrogen-bond acceptors (Lipinski definition) is 5. The fraction of sp³-hybridized carbons (Fsp3) is 0.667. The minimum Gasteiger partial charge on any atom is -0.343 e. The number of nitrogens with zero attached hydrogens (tertiary/aromatic N) is 6. The van der Waals surface area contributed by atoms with Gasteiger partial charge in [-0.3, -0.25) is 4.79 Å². The fourth-order valence-electron chi connectivity index (χ4n) is 3.57. The van der Waals surface area contributed by atoms with Crippen LogP contribution in [0.1, 0.15) is 49.6 Å². The van der Waals surface area contributed by atoms with E-state index in [-0.39, 0.29) is 5.91 Å². The second-order valence-corrected chi connectivity index (χ2v) is 7.70. The number of carbonyl (C=O) groups excluding carboxylic acids is 1. The fourth-order valence-corrected chi connectivity index (χ4v) is 3.95. The van der Waals surface area contributed by atoms with Crippen molar-refractivity contribution in [3.8, 4) is 0 Å². The third-order valence-corrected chi connectivity index (χ3v) is 5.75. The predicted octanol–water partition coefficient (Wildman–Crippen LogP) is 2.31. The monoisotopic (exact) mass is 376 g/mol. The minimum absolute atomic E-state index is 0.283. The number of thioether (sulfide) groups is 1. The molecule has 1 aliphatic heterocycles. The van der Waals surface area contributed by atoms with Gasteiger partial charge >= 0.3 is 0 Å². The van der Waals surface area contributed by atoms with E-state index in [0.29, 0.717) is 18.9 Å². The first kappa shape index (κ1) is 18.9. The highest BCUT2D eigenvalue weighted by atomic mass is 32.2. The van der Waals surface area contributed by atoms with Crippen LogP contribution in [-0.2, 0) is 17.9 Å². The molecule has 1 saturated heterocycles. The third-order valence-electron chi connectivity index (χ3n) is 5.14. The van der Waals surface area contributed by atoms with Gasteiger partial charge in [-0.25, -0.2) is 4.98 Å². The van der Waals surface area contributed by atoms with Gasteiger partial charge in [0.25, 0.3) is 0 Å². The van der Waals surface area contributed by atoms with Gasteiger partial charge in [0.2, 0.25) is 5.91 Å². The number of hydrogen-bond donors (Lipinski definition) is 0. The molecular weight excluding hydrogens is 348 g/mol. The molecule has 0 aromatic carbocycles. The Labute approximate surface area is 159 Å². The summed E-state index contributed by atoms with van der Waals surface area (Å²) in [6.45, 7) is 7.33. The quantitative estimate of drug-likeness (QED) is 0.742. The van der Waals surface area contributed by atoms with Crippen LogP contribution in [0.5, 0.6) is 0 Å². The molecule has 0 spiro atoms. The molecule has 0 saturated carbocycles. The van der Waals surface area contributed by atoms with Gasteiger partial charge in [-0.2, -0.15) is 11.8 Å². The Balaban J connectivity index is 1.65. The van der Waals surface area contributed by atoms with Crippen LogP contribution in [0, 0.1) is 6.92 Å². The first-order valence-corrected chi connectivity index (χ1v) is 10.7. The van der Waals surface area contributed by atoms with Gasteiger partial charge in [-0.1, -0.05) is 0 Å². The van der Waals surface area contributed by atoms with Crippen molar-refractivity contribution in [3.05, 3.63) is 29.9 Å². The van der Waals surface area contributed by atoms with E-state index in [1.165, 1.54) is 0 Å². The standard InChI is InChI=1S/C18H28N6OS/c1-4-24-16(13-23-11-8-19-14(23)2)20-21-18(24)15-5-9-22(10-6-15)17(25)7-12-26-3/h8,11,15H,4-7,9-10,12-13H2,1-3H3. The molecule has 0 atom stereocenters. The number of aromatic nitrogens is 5. The van der Waals surface area contributed by atoms with Gasteiger partial charge < -0.3 is 14.0 Å². The minimum atomic E-state index is 0.283. The first-order chi connectivity index (χ1) is 12.6. The summed E-state index contributed by atoms with van der Waals surface area (Å²) in [5.41, 5.74) is 0. The van der Waals surface area contributed by atoms with Gasteiger partial charge in [0.15, 0.2) is 5.82 Å².